The molecule has 108 valence electrons. The zero-order chi connectivity index (χ0) is 13.8. The Morgan fingerprint density at radius 1 is 1.06 bits per heavy atom. The molecule has 0 radical (unpaired) electrons. The molecule has 0 spiro atoms. The van der Waals surface area contributed by atoms with E-state index in [-0.39, 0.29) is 12.0 Å². The Hall–Kier alpha value is -0.570. The van der Waals surface area contributed by atoms with E-state index in [2.05, 4.69) is 26.3 Å². The molecule has 0 aliphatic carbocycles. The minimum atomic E-state index is -0.0282. The number of carbonyl (C=O) groups excluding carboxylic acids is 1. The second-order valence-corrected chi connectivity index (χ2v) is 4.96. The third-order valence-corrected chi connectivity index (χ3v) is 3.56. The van der Waals surface area contributed by atoms with Crippen LogP contribution in [-0.4, -0.2) is 12.0 Å². The van der Waals surface area contributed by atoms with Crippen molar-refractivity contribution in [2.24, 2.45) is 5.92 Å². The second kappa shape index (κ2) is 11.5. The number of rotatable bonds is 11. The average Bonchev–Trinajstić information content (AvgIpc) is 2.40. The van der Waals surface area contributed by atoms with Gasteiger partial charge < -0.3 is 0 Å². The van der Waals surface area contributed by atoms with Crippen molar-refractivity contribution in [3.63, 3.8) is 0 Å². The normalized spacial score (nSPS) is 12.7. The summed E-state index contributed by atoms with van der Waals surface area (Å²) in [5.74, 6) is 0.517. The van der Waals surface area contributed by atoms with Crippen LogP contribution in [0.2, 0.25) is 0 Å². The van der Waals surface area contributed by atoms with Crippen LogP contribution < -0.4 is 5.48 Å². The first-order valence-electron chi connectivity index (χ1n) is 7.63. The number of unbranched alkanes of at least 4 members (excludes halogenated alkanes) is 3. The Labute approximate surface area is 113 Å². The molecule has 0 rings (SSSR count). The molecule has 1 amide bonds. The van der Waals surface area contributed by atoms with Crippen LogP contribution in [0.4, 0.5) is 0 Å². The molecular formula is C15H31NO2. The van der Waals surface area contributed by atoms with Crippen molar-refractivity contribution in [3.05, 3.63) is 0 Å². The van der Waals surface area contributed by atoms with Crippen LogP contribution in [0, 0.1) is 5.92 Å². The number of nitrogens with one attached hydrogen (secondary N) is 1. The fraction of sp³-hybridized carbons (Fsp3) is 0.933. The Morgan fingerprint density at radius 2 is 1.72 bits per heavy atom. The molecule has 0 bridgehead atoms. The maximum absolute atomic E-state index is 11.3. The van der Waals surface area contributed by atoms with Crippen molar-refractivity contribution in [1.82, 2.24) is 5.48 Å². The van der Waals surface area contributed by atoms with Gasteiger partial charge in [-0.05, 0) is 12.3 Å². The molecule has 0 heterocycles. The third kappa shape index (κ3) is 7.70. The molecular weight excluding hydrogens is 226 g/mol. The van der Waals surface area contributed by atoms with Gasteiger partial charge in [-0.25, -0.2) is 5.48 Å². The zero-order valence-corrected chi connectivity index (χ0v) is 12.6. The highest BCUT2D eigenvalue weighted by atomic mass is 16.7. The van der Waals surface area contributed by atoms with Gasteiger partial charge in [-0.3, -0.25) is 9.63 Å². The number of carbonyl (C=O) groups is 1. The summed E-state index contributed by atoms with van der Waals surface area (Å²) in [6.07, 6.45) is 8.91. The Kier molecular flexibility index (Phi) is 11.2. The van der Waals surface area contributed by atoms with Crippen LogP contribution in [-0.2, 0) is 9.63 Å². The second-order valence-electron chi connectivity index (χ2n) is 4.96. The third-order valence-electron chi connectivity index (χ3n) is 3.56. The van der Waals surface area contributed by atoms with E-state index in [0.29, 0.717) is 12.3 Å². The minimum absolute atomic E-state index is 0.0282. The first-order chi connectivity index (χ1) is 8.69. The van der Waals surface area contributed by atoms with Crippen molar-refractivity contribution in [1.29, 1.82) is 0 Å². The molecule has 0 aromatic rings. The van der Waals surface area contributed by atoms with Crippen molar-refractivity contribution in [2.75, 3.05) is 0 Å². The van der Waals surface area contributed by atoms with Crippen LogP contribution >= 0.6 is 0 Å². The highest BCUT2D eigenvalue weighted by Crippen LogP contribution is 2.21. The van der Waals surface area contributed by atoms with E-state index in [0.717, 1.165) is 19.3 Å². The smallest absolute Gasteiger partial charge is 0.243 e. The van der Waals surface area contributed by atoms with Gasteiger partial charge in [-0.2, -0.15) is 0 Å². The molecule has 1 unspecified atom stereocenters. The fourth-order valence-electron chi connectivity index (χ4n) is 2.19. The topological polar surface area (TPSA) is 38.3 Å². The van der Waals surface area contributed by atoms with Crippen molar-refractivity contribution < 1.29 is 9.63 Å². The van der Waals surface area contributed by atoms with Crippen molar-refractivity contribution >= 4 is 5.91 Å². The van der Waals surface area contributed by atoms with E-state index in [9.17, 15) is 4.79 Å². The van der Waals surface area contributed by atoms with Crippen LogP contribution in [0.1, 0.15) is 79.1 Å². The molecule has 0 aliphatic rings. The monoisotopic (exact) mass is 257 g/mol. The largest absolute Gasteiger partial charge is 0.273 e. The first-order valence-corrected chi connectivity index (χ1v) is 7.63. The Morgan fingerprint density at radius 3 is 2.22 bits per heavy atom. The molecule has 18 heavy (non-hydrogen) atoms. The molecule has 0 aliphatic heterocycles. The molecule has 3 heteroatoms. The fourth-order valence-corrected chi connectivity index (χ4v) is 2.19. The number of amides is 1. The zero-order valence-electron chi connectivity index (χ0n) is 12.6. The molecule has 0 aromatic heterocycles. The van der Waals surface area contributed by atoms with Gasteiger partial charge in [-0.1, -0.05) is 66.2 Å². The van der Waals surface area contributed by atoms with Crippen molar-refractivity contribution in [2.45, 2.75) is 85.2 Å². The molecule has 0 fully saturated rings. The quantitative estimate of drug-likeness (QED) is 0.444. The van der Waals surface area contributed by atoms with E-state index in [4.69, 9.17) is 4.84 Å². The summed E-state index contributed by atoms with van der Waals surface area (Å²) in [6, 6.07) is 0. The highest BCUT2D eigenvalue weighted by molar-refractivity contribution is 5.74. The molecule has 3 nitrogen and oxygen atoms in total. The predicted molar refractivity (Wildman–Crippen MR) is 76.1 cm³/mol. The Bertz CT molecular complexity index is 203. The van der Waals surface area contributed by atoms with Gasteiger partial charge in [0.2, 0.25) is 5.91 Å². The highest BCUT2D eigenvalue weighted by Gasteiger charge is 2.20. The van der Waals surface area contributed by atoms with E-state index in [1.54, 1.807) is 0 Å². The summed E-state index contributed by atoms with van der Waals surface area (Å²) in [4.78, 5) is 16.9. The predicted octanol–water partition coefficient (Wildman–Crippen LogP) is 4.22. The molecule has 1 atom stereocenters. The first kappa shape index (κ1) is 17.4. The van der Waals surface area contributed by atoms with E-state index in [1.807, 2.05) is 6.92 Å². The van der Waals surface area contributed by atoms with E-state index in [1.165, 1.54) is 25.7 Å². The van der Waals surface area contributed by atoms with Crippen LogP contribution in [0.5, 0.6) is 0 Å². The van der Waals surface area contributed by atoms with E-state index < -0.39 is 0 Å². The summed E-state index contributed by atoms with van der Waals surface area (Å²) >= 11 is 0. The van der Waals surface area contributed by atoms with Gasteiger partial charge in [0.1, 0.15) is 0 Å². The average molecular weight is 257 g/mol. The van der Waals surface area contributed by atoms with Gasteiger partial charge in [-0.15, -0.1) is 0 Å². The van der Waals surface area contributed by atoms with Gasteiger partial charge >= 0.3 is 0 Å². The number of hydroxylamine groups is 1. The minimum Gasteiger partial charge on any atom is -0.273 e. The van der Waals surface area contributed by atoms with Gasteiger partial charge in [0.15, 0.2) is 0 Å². The maximum Gasteiger partial charge on any atom is 0.243 e. The lowest BCUT2D eigenvalue weighted by atomic mass is 9.92. The lowest BCUT2D eigenvalue weighted by Crippen LogP contribution is -2.33. The van der Waals surface area contributed by atoms with E-state index >= 15 is 0 Å². The molecule has 0 saturated heterocycles. The summed E-state index contributed by atoms with van der Waals surface area (Å²) in [6.45, 7) is 8.44. The van der Waals surface area contributed by atoms with Gasteiger partial charge in [0, 0.05) is 6.42 Å². The van der Waals surface area contributed by atoms with Crippen LogP contribution in [0.25, 0.3) is 0 Å². The summed E-state index contributed by atoms with van der Waals surface area (Å²) in [5, 5.41) is 0. The van der Waals surface area contributed by atoms with Gasteiger partial charge in [0.25, 0.3) is 0 Å². The SMILES string of the molecule is CCCCCCC(ONC(=O)CC)C(CC)CC. The summed E-state index contributed by atoms with van der Waals surface area (Å²) in [7, 11) is 0. The Balaban J connectivity index is 4.10. The molecule has 0 saturated carbocycles. The lowest BCUT2D eigenvalue weighted by Gasteiger charge is -2.25. The lowest BCUT2D eigenvalue weighted by molar-refractivity contribution is -0.142. The summed E-state index contributed by atoms with van der Waals surface area (Å²) in [5.41, 5.74) is 2.58. The van der Waals surface area contributed by atoms with Crippen molar-refractivity contribution in [3.8, 4) is 0 Å². The standard InChI is InChI=1S/C15H31NO2/c1-5-9-10-11-12-14(13(6-2)7-3)18-16-15(17)8-4/h13-14H,5-12H2,1-4H3,(H,16,17). The maximum atomic E-state index is 11.3. The number of hydrogen-bond acceptors (Lipinski definition) is 2. The van der Waals surface area contributed by atoms with Crippen LogP contribution in [0.3, 0.4) is 0 Å². The summed E-state index contributed by atoms with van der Waals surface area (Å²) < 4.78 is 0. The molecule has 1 N–H and O–H groups in total. The number of hydrogen-bond donors (Lipinski definition) is 1. The molecule has 0 aromatic carbocycles. The van der Waals surface area contributed by atoms with Gasteiger partial charge in [0.05, 0.1) is 6.10 Å². The van der Waals surface area contributed by atoms with Crippen LogP contribution in [0.15, 0.2) is 0 Å².